The highest BCUT2D eigenvalue weighted by molar-refractivity contribution is 7.99. The van der Waals surface area contributed by atoms with E-state index >= 15 is 0 Å². The number of nitrogens with one attached hydrogen (secondary N) is 1. The van der Waals surface area contributed by atoms with Crippen LogP contribution in [0, 0.1) is 5.92 Å². The Bertz CT molecular complexity index is 432. The number of nitrogens with zero attached hydrogens (tertiary/aromatic N) is 3. The van der Waals surface area contributed by atoms with Crippen LogP contribution < -0.4 is 5.32 Å². The number of rotatable bonds is 6. The van der Waals surface area contributed by atoms with Crippen molar-refractivity contribution in [2.45, 2.75) is 23.5 Å². The van der Waals surface area contributed by atoms with Crippen molar-refractivity contribution in [3.8, 4) is 0 Å². The van der Waals surface area contributed by atoms with Crippen molar-refractivity contribution < 1.29 is 9.53 Å². The molecule has 1 fully saturated rings. The van der Waals surface area contributed by atoms with Crippen molar-refractivity contribution in [3.05, 3.63) is 6.33 Å². The van der Waals surface area contributed by atoms with Gasteiger partial charge in [0.15, 0.2) is 5.16 Å². The van der Waals surface area contributed by atoms with Gasteiger partial charge in [-0.15, -0.1) is 0 Å². The summed E-state index contributed by atoms with van der Waals surface area (Å²) in [5.74, 6) is 0.769. The average molecular weight is 270 g/mol. The summed E-state index contributed by atoms with van der Waals surface area (Å²) in [5.41, 5.74) is -0.606. The molecule has 1 N–H and O–H groups in total. The molecule has 0 amide bonds. The van der Waals surface area contributed by atoms with Gasteiger partial charge >= 0.3 is 5.97 Å². The molecule has 1 aliphatic rings. The summed E-state index contributed by atoms with van der Waals surface area (Å²) in [6, 6.07) is 0. The Morgan fingerprint density at radius 1 is 1.72 bits per heavy atom. The molecule has 1 atom stereocenters. The molecular weight excluding hydrogens is 252 g/mol. The van der Waals surface area contributed by atoms with Crippen LogP contribution in [0.3, 0.4) is 0 Å². The molecular formula is C11H18N4O2S. The lowest BCUT2D eigenvalue weighted by Crippen LogP contribution is -2.55. The van der Waals surface area contributed by atoms with Crippen LogP contribution in [0.4, 0.5) is 0 Å². The first-order chi connectivity index (χ1) is 8.64. The smallest absolute Gasteiger partial charge is 0.327 e. The van der Waals surface area contributed by atoms with Crippen molar-refractivity contribution in [3.63, 3.8) is 0 Å². The second-order valence-electron chi connectivity index (χ2n) is 4.44. The van der Waals surface area contributed by atoms with E-state index in [2.05, 4.69) is 15.4 Å². The highest BCUT2D eigenvalue weighted by Crippen LogP contribution is 2.42. The molecule has 0 aliphatic heterocycles. The number of hydrogen-bond acceptors (Lipinski definition) is 6. The van der Waals surface area contributed by atoms with Gasteiger partial charge in [0.25, 0.3) is 0 Å². The molecule has 0 spiro atoms. The quantitative estimate of drug-likeness (QED) is 0.598. The van der Waals surface area contributed by atoms with Gasteiger partial charge in [-0.2, -0.15) is 5.10 Å². The lowest BCUT2D eigenvalue weighted by Gasteiger charge is -2.30. The van der Waals surface area contributed by atoms with E-state index in [4.69, 9.17) is 4.74 Å². The van der Waals surface area contributed by atoms with Crippen molar-refractivity contribution >= 4 is 17.7 Å². The summed E-state index contributed by atoms with van der Waals surface area (Å²) in [6.45, 7) is 0. The van der Waals surface area contributed by atoms with Gasteiger partial charge in [-0.1, -0.05) is 11.8 Å². The van der Waals surface area contributed by atoms with Crippen LogP contribution in [0.2, 0.25) is 0 Å². The van der Waals surface area contributed by atoms with E-state index in [1.165, 1.54) is 25.2 Å². The maximum atomic E-state index is 12.1. The Hall–Kier alpha value is -1.08. The van der Waals surface area contributed by atoms with Crippen molar-refractivity contribution in [2.24, 2.45) is 13.0 Å². The number of ether oxygens (including phenoxy) is 1. The summed E-state index contributed by atoms with van der Waals surface area (Å²) < 4.78 is 6.65. The molecule has 0 radical (unpaired) electrons. The minimum atomic E-state index is -0.606. The fourth-order valence-corrected chi connectivity index (χ4v) is 3.29. The lowest BCUT2D eigenvalue weighted by molar-refractivity contribution is -0.148. The Balaban J connectivity index is 2.10. The first kappa shape index (κ1) is 13.4. The molecule has 0 bridgehead atoms. The third kappa shape index (κ3) is 2.37. The molecule has 1 unspecified atom stereocenters. The van der Waals surface area contributed by atoms with Gasteiger partial charge in [0, 0.05) is 12.8 Å². The Kier molecular flexibility index (Phi) is 3.91. The minimum Gasteiger partial charge on any atom is -0.468 e. The first-order valence-corrected chi connectivity index (χ1v) is 6.86. The van der Waals surface area contributed by atoms with Gasteiger partial charge in [0.1, 0.15) is 11.9 Å². The molecule has 0 aromatic carbocycles. The predicted octanol–water partition coefficient (Wildman–Crippen LogP) is 0.448. The summed E-state index contributed by atoms with van der Waals surface area (Å²) in [7, 11) is 5.09. The Labute approximate surface area is 110 Å². The van der Waals surface area contributed by atoms with E-state index in [9.17, 15) is 4.79 Å². The monoisotopic (exact) mass is 270 g/mol. The fraction of sp³-hybridized carbons (Fsp3) is 0.727. The molecule has 1 heterocycles. The van der Waals surface area contributed by atoms with Crippen LogP contribution in [-0.4, -0.2) is 46.2 Å². The van der Waals surface area contributed by atoms with Crippen LogP contribution in [-0.2, 0) is 16.6 Å². The van der Waals surface area contributed by atoms with Crippen molar-refractivity contribution in [1.82, 2.24) is 20.1 Å². The van der Waals surface area contributed by atoms with Crippen LogP contribution in [0.5, 0.6) is 0 Å². The summed E-state index contributed by atoms with van der Waals surface area (Å²) in [6.07, 6.45) is 3.64. The number of hydrogen-bond donors (Lipinski definition) is 1. The van der Waals surface area contributed by atoms with Crippen molar-refractivity contribution in [1.29, 1.82) is 0 Å². The number of esters is 1. The zero-order chi connectivity index (χ0) is 13.2. The largest absolute Gasteiger partial charge is 0.468 e. The Morgan fingerprint density at radius 3 is 2.89 bits per heavy atom. The molecule has 18 heavy (non-hydrogen) atoms. The minimum absolute atomic E-state index is 0.192. The van der Waals surface area contributed by atoms with Gasteiger partial charge in [-0.25, -0.2) is 9.67 Å². The topological polar surface area (TPSA) is 69.0 Å². The lowest BCUT2D eigenvalue weighted by atomic mass is 9.96. The predicted molar refractivity (Wildman–Crippen MR) is 68.3 cm³/mol. The summed E-state index contributed by atoms with van der Waals surface area (Å²) in [4.78, 5) is 16.2. The number of aryl methyl sites for hydroxylation is 1. The Morgan fingerprint density at radius 2 is 2.44 bits per heavy atom. The van der Waals surface area contributed by atoms with E-state index in [0.29, 0.717) is 11.7 Å². The SMILES string of the molecule is CNC(CSc1ncnn1C)(C(=O)OC)C1CC1. The standard InChI is InChI=1S/C11H18N4O2S/c1-12-11(8-4-5-8,9(16)17-3)6-18-10-13-7-14-15(10)2/h7-8,12H,4-6H2,1-3H3. The molecule has 1 aromatic rings. The molecule has 1 aromatic heterocycles. The van der Waals surface area contributed by atoms with Gasteiger partial charge in [-0.3, -0.25) is 4.79 Å². The number of carbonyl (C=O) groups is 1. The summed E-state index contributed by atoms with van der Waals surface area (Å²) >= 11 is 1.52. The number of carbonyl (C=O) groups excluding carboxylic acids is 1. The van der Waals surface area contributed by atoms with Crippen LogP contribution in [0.25, 0.3) is 0 Å². The number of aromatic nitrogens is 3. The maximum absolute atomic E-state index is 12.1. The fourth-order valence-electron chi connectivity index (χ4n) is 2.07. The molecule has 100 valence electrons. The van der Waals surface area contributed by atoms with E-state index < -0.39 is 5.54 Å². The van der Waals surface area contributed by atoms with E-state index in [0.717, 1.165) is 18.0 Å². The number of thioether (sulfide) groups is 1. The normalized spacial score (nSPS) is 18.4. The van der Waals surface area contributed by atoms with Gasteiger partial charge in [-0.05, 0) is 25.8 Å². The highest BCUT2D eigenvalue weighted by Gasteiger charge is 2.51. The molecule has 0 saturated heterocycles. The second-order valence-corrected chi connectivity index (χ2v) is 5.38. The van der Waals surface area contributed by atoms with Crippen molar-refractivity contribution in [2.75, 3.05) is 19.9 Å². The van der Waals surface area contributed by atoms with E-state index in [-0.39, 0.29) is 5.97 Å². The number of likely N-dealkylation sites (N-methyl/N-ethyl adjacent to an activating group) is 1. The maximum Gasteiger partial charge on any atom is 0.327 e. The number of methoxy groups -OCH3 is 1. The highest BCUT2D eigenvalue weighted by atomic mass is 32.2. The zero-order valence-electron chi connectivity index (χ0n) is 10.8. The van der Waals surface area contributed by atoms with E-state index in [1.807, 2.05) is 14.1 Å². The second kappa shape index (κ2) is 5.27. The molecule has 7 heteroatoms. The average Bonchev–Trinajstić information content (AvgIpc) is 3.15. The van der Waals surface area contributed by atoms with Gasteiger partial charge in [0.05, 0.1) is 7.11 Å². The van der Waals surface area contributed by atoms with Crippen LogP contribution in [0.15, 0.2) is 11.5 Å². The first-order valence-electron chi connectivity index (χ1n) is 5.88. The molecule has 6 nitrogen and oxygen atoms in total. The van der Waals surface area contributed by atoms with Crippen LogP contribution in [0.1, 0.15) is 12.8 Å². The van der Waals surface area contributed by atoms with Gasteiger partial charge in [0.2, 0.25) is 0 Å². The van der Waals surface area contributed by atoms with E-state index in [1.54, 1.807) is 4.68 Å². The molecule has 1 saturated carbocycles. The third-order valence-corrected chi connectivity index (χ3v) is 4.60. The zero-order valence-corrected chi connectivity index (χ0v) is 11.7. The third-order valence-electron chi connectivity index (χ3n) is 3.37. The molecule has 1 aliphatic carbocycles. The molecule has 2 rings (SSSR count). The van der Waals surface area contributed by atoms with Crippen LogP contribution >= 0.6 is 11.8 Å². The van der Waals surface area contributed by atoms with Gasteiger partial charge < -0.3 is 10.1 Å². The summed E-state index contributed by atoms with van der Waals surface area (Å²) in [5, 5.41) is 7.98.